The van der Waals surface area contributed by atoms with E-state index in [-0.39, 0.29) is 23.8 Å². The average Bonchev–Trinajstić information content (AvgIpc) is 2.72. The van der Waals surface area contributed by atoms with E-state index in [4.69, 9.17) is 4.74 Å². The number of hydrogen-bond acceptors (Lipinski definition) is 3. The number of rotatable bonds is 7. The first-order chi connectivity index (χ1) is 13.6. The average molecular weight is 387 g/mol. The van der Waals surface area contributed by atoms with Crippen molar-refractivity contribution in [3.05, 3.63) is 35.4 Å². The van der Waals surface area contributed by atoms with E-state index in [1.54, 1.807) is 7.11 Å². The Bertz CT molecular complexity index is 652. The summed E-state index contributed by atoms with van der Waals surface area (Å²) >= 11 is 0. The quantitative estimate of drug-likeness (QED) is 0.779. The number of aryl methyl sites for hydroxylation is 1. The fraction of sp³-hybridized carbons (Fsp3) is 0.652. The number of ether oxygens (including phenoxy) is 1. The molecule has 1 aliphatic carbocycles. The van der Waals surface area contributed by atoms with Crippen molar-refractivity contribution in [1.82, 2.24) is 10.2 Å². The van der Waals surface area contributed by atoms with E-state index in [9.17, 15) is 9.59 Å². The molecule has 0 aromatic heterocycles. The molecule has 5 heteroatoms. The topological polar surface area (TPSA) is 58.6 Å². The number of piperidine rings is 1. The summed E-state index contributed by atoms with van der Waals surface area (Å²) in [7, 11) is 1.64. The van der Waals surface area contributed by atoms with E-state index in [0.717, 1.165) is 12.1 Å². The maximum absolute atomic E-state index is 13.1. The third-order valence-electron chi connectivity index (χ3n) is 6.29. The van der Waals surface area contributed by atoms with Crippen LogP contribution in [-0.2, 0) is 14.3 Å². The summed E-state index contributed by atoms with van der Waals surface area (Å²) in [4.78, 5) is 27.6. The molecule has 0 spiro atoms. The molecule has 154 valence electrons. The second-order valence-electron chi connectivity index (χ2n) is 8.33. The van der Waals surface area contributed by atoms with Crippen molar-refractivity contribution < 1.29 is 14.3 Å². The van der Waals surface area contributed by atoms with Crippen molar-refractivity contribution >= 4 is 11.8 Å². The lowest BCUT2D eigenvalue weighted by Gasteiger charge is -2.41. The summed E-state index contributed by atoms with van der Waals surface area (Å²) in [6.07, 6.45) is 7.32. The number of carbonyl (C=O) groups is 2. The molecule has 2 amide bonds. The molecule has 1 N–H and O–H groups in total. The highest BCUT2D eigenvalue weighted by Gasteiger charge is 2.40. The van der Waals surface area contributed by atoms with E-state index in [1.165, 1.54) is 37.7 Å². The first kappa shape index (κ1) is 20.8. The Morgan fingerprint density at radius 3 is 2.54 bits per heavy atom. The number of nitrogens with zero attached hydrogens (tertiary/aromatic N) is 1. The van der Waals surface area contributed by atoms with Gasteiger partial charge in [-0.05, 0) is 37.7 Å². The minimum absolute atomic E-state index is 0.0889. The highest BCUT2D eigenvalue weighted by molar-refractivity contribution is 5.85. The van der Waals surface area contributed by atoms with Gasteiger partial charge in [-0.1, -0.05) is 49.1 Å². The minimum Gasteiger partial charge on any atom is -0.383 e. The predicted octanol–water partition coefficient (Wildman–Crippen LogP) is 3.62. The lowest BCUT2D eigenvalue weighted by atomic mass is 9.83. The van der Waals surface area contributed by atoms with Gasteiger partial charge in [0.2, 0.25) is 11.8 Å². The Labute approximate surface area is 168 Å². The Morgan fingerprint density at radius 2 is 1.86 bits per heavy atom. The first-order valence-electron chi connectivity index (χ1n) is 10.7. The molecule has 1 saturated carbocycles. The Balaban J connectivity index is 1.76. The zero-order chi connectivity index (χ0) is 19.9. The zero-order valence-electron chi connectivity index (χ0n) is 17.3. The maximum atomic E-state index is 13.1. The Hall–Kier alpha value is -1.88. The number of hydrogen-bond donors (Lipinski definition) is 1. The molecule has 2 atom stereocenters. The maximum Gasteiger partial charge on any atom is 0.225 e. The van der Waals surface area contributed by atoms with Crippen molar-refractivity contribution in [2.24, 2.45) is 11.8 Å². The second-order valence-corrected chi connectivity index (χ2v) is 8.33. The number of likely N-dealkylation sites (tertiary alicyclic amines) is 1. The molecular formula is C23H34N2O3. The highest BCUT2D eigenvalue weighted by Crippen LogP contribution is 2.37. The fourth-order valence-corrected chi connectivity index (χ4v) is 4.62. The molecule has 1 aromatic carbocycles. The Kier molecular flexibility index (Phi) is 7.49. The van der Waals surface area contributed by atoms with Crippen LogP contribution >= 0.6 is 0 Å². The van der Waals surface area contributed by atoms with Crippen LogP contribution in [-0.4, -0.2) is 43.5 Å². The molecule has 2 aliphatic rings. The summed E-state index contributed by atoms with van der Waals surface area (Å²) < 4.78 is 5.22. The summed E-state index contributed by atoms with van der Waals surface area (Å²) in [6.45, 7) is 3.81. The fourth-order valence-electron chi connectivity index (χ4n) is 4.62. The van der Waals surface area contributed by atoms with Crippen LogP contribution in [0, 0.1) is 18.8 Å². The molecule has 5 nitrogen and oxygen atoms in total. The SMILES string of the molecule is COCCN1C(=O)CC[C@@H](C(=O)NCC2CCCCC2)[C@H]1c1ccc(C)cc1. The number of methoxy groups -OCH3 is 1. The molecule has 1 heterocycles. The predicted molar refractivity (Wildman–Crippen MR) is 110 cm³/mol. The lowest BCUT2D eigenvalue weighted by molar-refractivity contribution is -0.144. The van der Waals surface area contributed by atoms with E-state index in [1.807, 2.05) is 11.8 Å². The van der Waals surface area contributed by atoms with Crippen LogP contribution in [0.25, 0.3) is 0 Å². The van der Waals surface area contributed by atoms with Crippen LogP contribution < -0.4 is 5.32 Å². The van der Waals surface area contributed by atoms with E-state index < -0.39 is 0 Å². The van der Waals surface area contributed by atoms with Crippen molar-refractivity contribution in [3.63, 3.8) is 0 Å². The molecule has 1 aromatic rings. The molecule has 1 aliphatic heterocycles. The number of carbonyl (C=O) groups excluding carboxylic acids is 2. The van der Waals surface area contributed by atoms with Gasteiger partial charge in [-0.3, -0.25) is 9.59 Å². The normalized spacial score (nSPS) is 23.6. The molecule has 28 heavy (non-hydrogen) atoms. The summed E-state index contributed by atoms with van der Waals surface area (Å²) in [5.74, 6) is 0.594. The van der Waals surface area contributed by atoms with Crippen molar-refractivity contribution in [3.8, 4) is 0 Å². The molecule has 3 rings (SSSR count). The molecule has 0 bridgehead atoms. The lowest BCUT2D eigenvalue weighted by Crippen LogP contribution is -2.49. The van der Waals surface area contributed by atoms with Crippen LogP contribution in [0.5, 0.6) is 0 Å². The van der Waals surface area contributed by atoms with Gasteiger partial charge in [0.1, 0.15) is 0 Å². The molecule has 2 fully saturated rings. The van der Waals surface area contributed by atoms with Crippen LogP contribution in [0.1, 0.15) is 62.1 Å². The van der Waals surface area contributed by atoms with Gasteiger partial charge in [-0.25, -0.2) is 0 Å². The number of nitrogens with one attached hydrogen (secondary N) is 1. The molecular weight excluding hydrogens is 352 g/mol. The Morgan fingerprint density at radius 1 is 1.14 bits per heavy atom. The molecule has 1 saturated heterocycles. The second kappa shape index (κ2) is 10.1. The van der Waals surface area contributed by atoms with Gasteiger partial charge < -0.3 is 15.0 Å². The van der Waals surface area contributed by atoms with Gasteiger partial charge in [-0.15, -0.1) is 0 Å². The monoisotopic (exact) mass is 386 g/mol. The highest BCUT2D eigenvalue weighted by atomic mass is 16.5. The largest absolute Gasteiger partial charge is 0.383 e. The van der Waals surface area contributed by atoms with Gasteiger partial charge in [-0.2, -0.15) is 0 Å². The van der Waals surface area contributed by atoms with Crippen molar-refractivity contribution in [2.45, 2.75) is 57.9 Å². The van der Waals surface area contributed by atoms with Crippen molar-refractivity contribution in [1.29, 1.82) is 0 Å². The van der Waals surface area contributed by atoms with Gasteiger partial charge >= 0.3 is 0 Å². The van der Waals surface area contributed by atoms with Gasteiger partial charge in [0.15, 0.2) is 0 Å². The van der Waals surface area contributed by atoms with Crippen LogP contribution in [0.3, 0.4) is 0 Å². The third-order valence-corrected chi connectivity index (χ3v) is 6.29. The zero-order valence-corrected chi connectivity index (χ0v) is 17.3. The molecule has 0 radical (unpaired) electrons. The smallest absolute Gasteiger partial charge is 0.225 e. The minimum atomic E-state index is -0.219. The van der Waals surface area contributed by atoms with Gasteiger partial charge in [0.05, 0.1) is 18.6 Å². The third kappa shape index (κ3) is 5.13. The van der Waals surface area contributed by atoms with Crippen LogP contribution in [0.2, 0.25) is 0 Å². The van der Waals surface area contributed by atoms with E-state index in [2.05, 4.69) is 29.6 Å². The summed E-state index contributed by atoms with van der Waals surface area (Å²) in [5.41, 5.74) is 2.21. The summed E-state index contributed by atoms with van der Waals surface area (Å²) in [5, 5.41) is 3.22. The van der Waals surface area contributed by atoms with E-state index in [0.29, 0.717) is 31.9 Å². The number of amides is 2. The summed E-state index contributed by atoms with van der Waals surface area (Å²) in [6, 6.07) is 8.00. The van der Waals surface area contributed by atoms with Gasteiger partial charge in [0, 0.05) is 26.6 Å². The van der Waals surface area contributed by atoms with Crippen LogP contribution in [0.15, 0.2) is 24.3 Å². The standard InChI is InChI=1S/C23H34N2O3/c1-17-8-10-19(11-9-17)22-20(12-13-21(26)25(22)14-15-28-2)23(27)24-16-18-6-4-3-5-7-18/h8-11,18,20,22H,3-7,12-16H2,1-2H3,(H,24,27)/t20-,22-/m1/s1. The van der Waals surface area contributed by atoms with Gasteiger partial charge in [0.25, 0.3) is 0 Å². The van der Waals surface area contributed by atoms with Crippen molar-refractivity contribution in [2.75, 3.05) is 26.8 Å². The molecule has 0 unspecified atom stereocenters. The van der Waals surface area contributed by atoms with Crippen LogP contribution in [0.4, 0.5) is 0 Å². The van der Waals surface area contributed by atoms with E-state index >= 15 is 0 Å². The number of benzene rings is 1. The first-order valence-corrected chi connectivity index (χ1v) is 10.7.